The zero-order valence-electron chi connectivity index (χ0n) is 11.7. The molecule has 1 aromatic carbocycles. The highest BCUT2D eigenvalue weighted by atomic mass is 19.1. The van der Waals surface area contributed by atoms with E-state index in [1.807, 2.05) is 0 Å². The molecule has 0 atom stereocenters. The summed E-state index contributed by atoms with van der Waals surface area (Å²) in [7, 11) is 0. The summed E-state index contributed by atoms with van der Waals surface area (Å²) in [6.07, 6.45) is 4.34. The molecule has 2 rings (SSSR count). The van der Waals surface area contributed by atoms with E-state index in [4.69, 9.17) is 4.42 Å². The predicted octanol–water partition coefficient (Wildman–Crippen LogP) is 1.86. The molecule has 0 aliphatic carbocycles. The van der Waals surface area contributed by atoms with Crippen LogP contribution < -0.4 is 10.6 Å². The molecule has 0 spiro atoms. The number of benzene rings is 1. The van der Waals surface area contributed by atoms with Crippen molar-refractivity contribution in [3.05, 3.63) is 65.9 Å². The number of carbonyl (C=O) groups excluding carboxylic acids is 2. The van der Waals surface area contributed by atoms with Crippen LogP contribution in [0, 0.1) is 5.82 Å². The van der Waals surface area contributed by atoms with Gasteiger partial charge in [-0.1, -0.05) is 12.1 Å². The number of nitrogens with one attached hydrogen (secondary N) is 2. The molecule has 0 aliphatic heterocycles. The zero-order chi connectivity index (χ0) is 15.8. The highest BCUT2D eigenvalue weighted by Crippen LogP contribution is 2.04. The number of hydrogen-bond donors (Lipinski definition) is 2. The van der Waals surface area contributed by atoms with Crippen molar-refractivity contribution in [3.8, 4) is 0 Å². The minimum absolute atomic E-state index is 0.132. The van der Waals surface area contributed by atoms with E-state index in [1.54, 1.807) is 24.3 Å². The van der Waals surface area contributed by atoms with Crippen molar-refractivity contribution in [1.82, 2.24) is 10.6 Å². The number of carbonyl (C=O) groups is 2. The molecule has 0 unspecified atom stereocenters. The van der Waals surface area contributed by atoms with E-state index in [0.717, 1.165) is 0 Å². The summed E-state index contributed by atoms with van der Waals surface area (Å²) in [6.45, 7) is 0.139. The van der Waals surface area contributed by atoms with Crippen molar-refractivity contribution >= 4 is 17.9 Å². The molecular weight excluding hydrogens is 287 g/mol. The van der Waals surface area contributed by atoms with Crippen LogP contribution in [0.15, 0.2) is 53.2 Å². The number of furan rings is 1. The molecular formula is C16H15FN2O3. The van der Waals surface area contributed by atoms with Gasteiger partial charge in [0, 0.05) is 6.08 Å². The van der Waals surface area contributed by atoms with Gasteiger partial charge in [-0.25, -0.2) is 4.39 Å². The lowest BCUT2D eigenvalue weighted by molar-refractivity contribution is -0.124. The van der Waals surface area contributed by atoms with Gasteiger partial charge in [-0.2, -0.15) is 0 Å². The lowest BCUT2D eigenvalue weighted by Gasteiger charge is -2.03. The van der Waals surface area contributed by atoms with E-state index >= 15 is 0 Å². The third-order valence-electron chi connectivity index (χ3n) is 2.76. The zero-order valence-corrected chi connectivity index (χ0v) is 11.7. The van der Waals surface area contributed by atoms with Crippen LogP contribution in [0.1, 0.15) is 11.3 Å². The van der Waals surface area contributed by atoms with Crippen LogP contribution in [0.4, 0.5) is 4.39 Å². The maximum absolute atomic E-state index is 12.7. The largest absolute Gasteiger partial charge is 0.467 e. The molecule has 0 radical (unpaired) electrons. The molecule has 1 aromatic heterocycles. The normalized spacial score (nSPS) is 10.6. The summed E-state index contributed by atoms with van der Waals surface area (Å²) in [6, 6.07) is 9.18. The molecule has 2 amide bonds. The van der Waals surface area contributed by atoms with Crippen LogP contribution in [0.3, 0.4) is 0 Å². The molecule has 1 heterocycles. The molecule has 0 saturated carbocycles. The molecule has 0 aliphatic rings. The van der Waals surface area contributed by atoms with E-state index < -0.39 is 5.91 Å². The van der Waals surface area contributed by atoms with Crippen LogP contribution in [0.5, 0.6) is 0 Å². The maximum Gasteiger partial charge on any atom is 0.244 e. The lowest BCUT2D eigenvalue weighted by Crippen LogP contribution is -2.35. The van der Waals surface area contributed by atoms with Gasteiger partial charge < -0.3 is 15.1 Å². The van der Waals surface area contributed by atoms with Crippen molar-refractivity contribution in [3.63, 3.8) is 0 Å². The molecule has 2 N–H and O–H groups in total. The Hall–Kier alpha value is -2.89. The molecule has 22 heavy (non-hydrogen) atoms. The van der Waals surface area contributed by atoms with E-state index in [9.17, 15) is 14.0 Å². The Morgan fingerprint density at radius 3 is 2.59 bits per heavy atom. The van der Waals surface area contributed by atoms with E-state index in [2.05, 4.69) is 10.6 Å². The highest BCUT2D eigenvalue weighted by Gasteiger charge is 2.04. The Bertz CT molecular complexity index is 649. The first-order valence-corrected chi connectivity index (χ1v) is 6.64. The van der Waals surface area contributed by atoms with Gasteiger partial charge in [0.25, 0.3) is 0 Å². The molecule has 0 fully saturated rings. The standard InChI is InChI=1S/C16H15FN2O3/c17-13-6-3-12(4-7-13)5-8-15(20)19-11-16(21)18-10-14-2-1-9-22-14/h1-9H,10-11H2,(H,18,21)(H,19,20)/b8-5+. The molecule has 0 bridgehead atoms. The van der Waals surface area contributed by atoms with Gasteiger partial charge in [0.2, 0.25) is 11.8 Å². The fourth-order valence-electron chi connectivity index (χ4n) is 1.63. The molecule has 2 aromatic rings. The Labute approximate surface area is 126 Å². The first kappa shape index (κ1) is 15.5. The number of amides is 2. The fourth-order valence-corrected chi connectivity index (χ4v) is 1.63. The number of halogens is 1. The first-order valence-electron chi connectivity index (χ1n) is 6.64. The van der Waals surface area contributed by atoms with Gasteiger partial charge >= 0.3 is 0 Å². The van der Waals surface area contributed by atoms with Crippen LogP contribution in [0.2, 0.25) is 0 Å². The van der Waals surface area contributed by atoms with E-state index in [0.29, 0.717) is 11.3 Å². The van der Waals surface area contributed by atoms with Crippen molar-refractivity contribution in [2.75, 3.05) is 6.54 Å². The van der Waals surface area contributed by atoms with Gasteiger partial charge in [-0.05, 0) is 35.9 Å². The second kappa shape index (κ2) is 7.78. The third kappa shape index (κ3) is 5.24. The average Bonchev–Trinajstić information content (AvgIpc) is 3.04. The van der Waals surface area contributed by atoms with Crippen LogP contribution in [-0.4, -0.2) is 18.4 Å². The summed E-state index contributed by atoms with van der Waals surface area (Å²) in [5.74, 6) is -0.428. The maximum atomic E-state index is 12.7. The Kier molecular flexibility index (Phi) is 5.48. The predicted molar refractivity (Wildman–Crippen MR) is 79.0 cm³/mol. The second-order valence-corrected chi connectivity index (χ2v) is 4.46. The summed E-state index contributed by atoms with van der Waals surface area (Å²) < 4.78 is 17.8. The summed E-state index contributed by atoms with van der Waals surface area (Å²) in [5.41, 5.74) is 0.693. The van der Waals surface area contributed by atoms with Crippen LogP contribution >= 0.6 is 0 Å². The summed E-state index contributed by atoms with van der Waals surface area (Å²) in [5, 5.41) is 5.06. The molecule has 6 heteroatoms. The SMILES string of the molecule is O=C(/C=C/c1ccc(F)cc1)NCC(=O)NCc1ccco1. The monoisotopic (exact) mass is 302 g/mol. The lowest BCUT2D eigenvalue weighted by atomic mass is 10.2. The van der Waals surface area contributed by atoms with E-state index in [1.165, 1.54) is 30.5 Å². The van der Waals surface area contributed by atoms with Gasteiger partial charge in [0.05, 0.1) is 19.4 Å². The van der Waals surface area contributed by atoms with Gasteiger partial charge in [-0.15, -0.1) is 0 Å². The fraction of sp³-hybridized carbons (Fsp3) is 0.125. The number of rotatable bonds is 6. The Morgan fingerprint density at radius 1 is 1.14 bits per heavy atom. The quantitative estimate of drug-likeness (QED) is 0.800. The second-order valence-electron chi connectivity index (χ2n) is 4.46. The van der Waals surface area contributed by atoms with E-state index in [-0.39, 0.29) is 24.8 Å². The minimum Gasteiger partial charge on any atom is -0.467 e. The van der Waals surface area contributed by atoms with Crippen LogP contribution in [-0.2, 0) is 16.1 Å². The van der Waals surface area contributed by atoms with Gasteiger partial charge in [0.1, 0.15) is 11.6 Å². The Balaban J connectivity index is 1.70. The Morgan fingerprint density at radius 2 is 1.91 bits per heavy atom. The van der Waals surface area contributed by atoms with Crippen molar-refractivity contribution < 1.29 is 18.4 Å². The summed E-state index contributed by atoms with van der Waals surface area (Å²) in [4.78, 5) is 23.1. The third-order valence-corrected chi connectivity index (χ3v) is 2.76. The highest BCUT2D eigenvalue weighted by molar-refractivity contribution is 5.94. The topological polar surface area (TPSA) is 71.3 Å². The summed E-state index contributed by atoms with van der Waals surface area (Å²) >= 11 is 0. The number of hydrogen-bond acceptors (Lipinski definition) is 3. The minimum atomic E-state index is -0.405. The van der Waals surface area contributed by atoms with Gasteiger partial charge in [0.15, 0.2) is 0 Å². The molecule has 114 valence electrons. The smallest absolute Gasteiger partial charge is 0.244 e. The first-order chi connectivity index (χ1) is 10.6. The van der Waals surface area contributed by atoms with Crippen molar-refractivity contribution in [2.24, 2.45) is 0 Å². The van der Waals surface area contributed by atoms with Gasteiger partial charge in [-0.3, -0.25) is 9.59 Å². The average molecular weight is 302 g/mol. The van der Waals surface area contributed by atoms with Crippen molar-refractivity contribution in [2.45, 2.75) is 6.54 Å². The molecule has 0 saturated heterocycles. The van der Waals surface area contributed by atoms with Crippen LogP contribution in [0.25, 0.3) is 6.08 Å². The van der Waals surface area contributed by atoms with Crippen molar-refractivity contribution in [1.29, 1.82) is 0 Å². The molecule has 5 nitrogen and oxygen atoms in total.